The first-order valence-electron chi connectivity index (χ1n) is 6.79. The van der Waals surface area contributed by atoms with Crippen molar-refractivity contribution in [3.05, 3.63) is 48.0 Å². The predicted molar refractivity (Wildman–Crippen MR) is 78.1 cm³/mol. The van der Waals surface area contributed by atoms with Gasteiger partial charge in [0.15, 0.2) is 0 Å². The molecule has 2 rings (SSSR count). The lowest BCUT2D eigenvalue weighted by Crippen LogP contribution is -2.22. The molecule has 0 fully saturated rings. The quantitative estimate of drug-likeness (QED) is 0.873. The summed E-state index contributed by atoms with van der Waals surface area (Å²) in [6.45, 7) is 7.54. The number of nitrogens with zero attached hydrogens (tertiary/aromatic N) is 3. The summed E-state index contributed by atoms with van der Waals surface area (Å²) in [5.74, 6) is 0. The van der Waals surface area contributed by atoms with Gasteiger partial charge in [-0.25, -0.2) is 0 Å². The summed E-state index contributed by atoms with van der Waals surface area (Å²) in [6.07, 6.45) is 6.75. The van der Waals surface area contributed by atoms with Crippen LogP contribution in [0.2, 0.25) is 0 Å². The van der Waals surface area contributed by atoms with Crippen molar-refractivity contribution in [2.75, 3.05) is 6.54 Å². The fraction of sp³-hybridized carbons (Fsp3) is 0.467. The molecule has 0 radical (unpaired) electrons. The average molecular weight is 274 g/mol. The molecule has 0 aromatic carbocycles. The topological polar surface area (TPSA) is 63.0 Å². The number of rotatable bonds is 5. The van der Waals surface area contributed by atoms with Gasteiger partial charge in [-0.3, -0.25) is 9.67 Å². The van der Waals surface area contributed by atoms with E-state index in [-0.39, 0.29) is 5.54 Å². The Labute approximate surface area is 119 Å². The first kappa shape index (κ1) is 14.7. The zero-order chi connectivity index (χ0) is 14.6. The van der Waals surface area contributed by atoms with Crippen molar-refractivity contribution in [2.45, 2.75) is 39.0 Å². The average Bonchev–Trinajstić information content (AvgIpc) is 2.88. The van der Waals surface area contributed by atoms with E-state index >= 15 is 0 Å². The Morgan fingerprint density at radius 1 is 1.30 bits per heavy atom. The van der Waals surface area contributed by atoms with E-state index < -0.39 is 6.10 Å². The van der Waals surface area contributed by atoms with Crippen molar-refractivity contribution >= 4 is 0 Å². The number of aliphatic hydroxyl groups is 1. The minimum absolute atomic E-state index is 0.00516. The monoisotopic (exact) mass is 274 g/mol. The molecule has 1 unspecified atom stereocenters. The van der Waals surface area contributed by atoms with Gasteiger partial charge in [0, 0.05) is 37.2 Å². The van der Waals surface area contributed by atoms with Crippen LogP contribution in [0.1, 0.15) is 38.0 Å². The van der Waals surface area contributed by atoms with E-state index in [0.717, 1.165) is 11.1 Å². The molecule has 0 aliphatic heterocycles. The van der Waals surface area contributed by atoms with E-state index in [1.807, 2.05) is 29.2 Å². The van der Waals surface area contributed by atoms with Crippen LogP contribution < -0.4 is 5.32 Å². The largest absolute Gasteiger partial charge is 0.387 e. The van der Waals surface area contributed by atoms with E-state index in [4.69, 9.17) is 0 Å². The van der Waals surface area contributed by atoms with Gasteiger partial charge < -0.3 is 10.4 Å². The zero-order valence-corrected chi connectivity index (χ0v) is 12.2. The summed E-state index contributed by atoms with van der Waals surface area (Å²) in [6, 6.07) is 3.65. The van der Waals surface area contributed by atoms with Crippen LogP contribution >= 0.6 is 0 Å². The molecule has 2 aromatic heterocycles. The molecule has 0 bridgehead atoms. The van der Waals surface area contributed by atoms with Gasteiger partial charge in [0.25, 0.3) is 0 Å². The van der Waals surface area contributed by atoms with Crippen molar-refractivity contribution in [1.29, 1.82) is 0 Å². The molecule has 0 saturated carbocycles. The molecule has 20 heavy (non-hydrogen) atoms. The molecule has 108 valence electrons. The van der Waals surface area contributed by atoms with Gasteiger partial charge >= 0.3 is 0 Å². The summed E-state index contributed by atoms with van der Waals surface area (Å²) in [5.41, 5.74) is 1.98. The Balaban J connectivity index is 1.83. The highest BCUT2D eigenvalue weighted by Gasteiger charge is 2.14. The highest BCUT2D eigenvalue weighted by molar-refractivity contribution is 5.13. The fourth-order valence-corrected chi connectivity index (χ4v) is 1.87. The van der Waals surface area contributed by atoms with Crippen LogP contribution in [-0.4, -0.2) is 26.4 Å². The van der Waals surface area contributed by atoms with Crippen molar-refractivity contribution in [1.82, 2.24) is 20.1 Å². The maximum Gasteiger partial charge on any atom is 0.0915 e. The summed E-state index contributed by atoms with van der Waals surface area (Å²) in [5, 5.41) is 17.6. The maximum absolute atomic E-state index is 10.0. The first-order valence-corrected chi connectivity index (χ1v) is 6.79. The van der Waals surface area contributed by atoms with Crippen molar-refractivity contribution in [2.24, 2.45) is 0 Å². The van der Waals surface area contributed by atoms with E-state index in [9.17, 15) is 5.11 Å². The van der Waals surface area contributed by atoms with Crippen molar-refractivity contribution in [3.8, 4) is 0 Å². The molecular formula is C15H22N4O. The molecule has 2 heterocycles. The Morgan fingerprint density at radius 3 is 2.60 bits per heavy atom. The van der Waals surface area contributed by atoms with Gasteiger partial charge in [0.1, 0.15) is 0 Å². The Hall–Kier alpha value is -1.72. The maximum atomic E-state index is 10.0. The number of hydrogen-bond acceptors (Lipinski definition) is 4. The van der Waals surface area contributed by atoms with E-state index in [1.165, 1.54) is 0 Å². The van der Waals surface area contributed by atoms with E-state index in [0.29, 0.717) is 13.1 Å². The van der Waals surface area contributed by atoms with Gasteiger partial charge in [-0.2, -0.15) is 5.10 Å². The van der Waals surface area contributed by atoms with E-state index in [2.05, 4.69) is 36.2 Å². The standard InChI is InChI=1S/C15H22N4O/c1-15(2,3)19-11-12(9-18-19)8-17-10-14(20)13-4-6-16-7-5-13/h4-7,9,11,14,17,20H,8,10H2,1-3H3. The fourth-order valence-electron chi connectivity index (χ4n) is 1.87. The highest BCUT2D eigenvalue weighted by atomic mass is 16.3. The number of hydrogen-bond donors (Lipinski definition) is 2. The molecule has 2 N–H and O–H groups in total. The number of aromatic nitrogens is 3. The second kappa shape index (κ2) is 6.15. The Kier molecular flexibility index (Phi) is 4.52. The van der Waals surface area contributed by atoms with Gasteiger partial charge in [-0.15, -0.1) is 0 Å². The smallest absolute Gasteiger partial charge is 0.0915 e. The van der Waals surface area contributed by atoms with Gasteiger partial charge in [-0.1, -0.05) is 0 Å². The van der Waals surface area contributed by atoms with Crippen LogP contribution in [0.15, 0.2) is 36.9 Å². The molecule has 5 heteroatoms. The van der Waals surface area contributed by atoms with Crippen LogP contribution in [0.25, 0.3) is 0 Å². The minimum atomic E-state index is -0.518. The molecule has 0 aliphatic carbocycles. The normalized spacial score (nSPS) is 13.4. The van der Waals surface area contributed by atoms with Gasteiger partial charge in [-0.05, 0) is 38.5 Å². The van der Waals surface area contributed by atoms with Gasteiger partial charge in [0.05, 0.1) is 17.8 Å². The first-order chi connectivity index (χ1) is 9.47. The molecule has 1 atom stereocenters. The Morgan fingerprint density at radius 2 is 2.00 bits per heavy atom. The number of nitrogens with one attached hydrogen (secondary N) is 1. The van der Waals surface area contributed by atoms with Crippen molar-refractivity contribution < 1.29 is 5.11 Å². The van der Waals surface area contributed by atoms with Crippen LogP contribution in [0.5, 0.6) is 0 Å². The SMILES string of the molecule is CC(C)(C)n1cc(CNCC(O)c2ccncc2)cn1. The number of aliphatic hydroxyl groups excluding tert-OH is 1. The summed E-state index contributed by atoms with van der Waals surface area (Å²) in [7, 11) is 0. The van der Waals surface area contributed by atoms with Gasteiger partial charge in [0.2, 0.25) is 0 Å². The summed E-state index contributed by atoms with van der Waals surface area (Å²) < 4.78 is 1.95. The molecule has 0 aliphatic rings. The Bertz CT molecular complexity index is 530. The van der Waals surface area contributed by atoms with Crippen molar-refractivity contribution in [3.63, 3.8) is 0 Å². The lowest BCUT2D eigenvalue weighted by Gasteiger charge is -2.18. The summed E-state index contributed by atoms with van der Waals surface area (Å²) >= 11 is 0. The lowest BCUT2D eigenvalue weighted by atomic mass is 10.1. The van der Waals surface area contributed by atoms with Crippen LogP contribution in [-0.2, 0) is 12.1 Å². The molecule has 0 spiro atoms. The molecule has 2 aromatic rings. The molecular weight excluding hydrogens is 252 g/mol. The summed E-state index contributed by atoms with van der Waals surface area (Å²) in [4.78, 5) is 3.94. The molecule has 0 saturated heterocycles. The van der Waals surface area contributed by atoms with Crippen LogP contribution in [0.3, 0.4) is 0 Å². The third-order valence-electron chi connectivity index (χ3n) is 3.08. The highest BCUT2D eigenvalue weighted by Crippen LogP contribution is 2.13. The lowest BCUT2D eigenvalue weighted by molar-refractivity contribution is 0.174. The zero-order valence-electron chi connectivity index (χ0n) is 12.2. The number of pyridine rings is 1. The van der Waals surface area contributed by atoms with E-state index in [1.54, 1.807) is 12.4 Å². The third kappa shape index (κ3) is 3.88. The second-order valence-electron chi connectivity index (χ2n) is 5.89. The molecule has 0 amide bonds. The minimum Gasteiger partial charge on any atom is -0.387 e. The van der Waals surface area contributed by atoms with Crippen LogP contribution in [0, 0.1) is 0 Å². The second-order valence-corrected chi connectivity index (χ2v) is 5.89. The predicted octanol–water partition coefficient (Wildman–Crippen LogP) is 1.86. The molecule has 5 nitrogen and oxygen atoms in total. The van der Waals surface area contributed by atoms with Crippen LogP contribution in [0.4, 0.5) is 0 Å². The third-order valence-corrected chi connectivity index (χ3v) is 3.08.